The Morgan fingerprint density at radius 3 is 3.12 bits per heavy atom. The summed E-state index contributed by atoms with van der Waals surface area (Å²) in [5, 5.41) is 13.8. The van der Waals surface area contributed by atoms with Crippen LogP contribution in [0.2, 0.25) is 0 Å². The molecular formula is C11H20N4OS. The number of nitrogens with zero attached hydrogens (tertiary/aromatic N) is 3. The number of hydrogen-bond acceptors (Lipinski definition) is 6. The summed E-state index contributed by atoms with van der Waals surface area (Å²) in [6, 6.07) is 0.377. The van der Waals surface area contributed by atoms with E-state index in [1.165, 1.54) is 0 Å². The lowest BCUT2D eigenvalue weighted by Gasteiger charge is -2.35. The van der Waals surface area contributed by atoms with Crippen LogP contribution in [0.25, 0.3) is 0 Å². The Bertz CT molecular complexity index is 344. The fourth-order valence-electron chi connectivity index (χ4n) is 1.92. The summed E-state index contributed by atoms with van der Waals surface area (Å²) in [7, 11) is 0. The van der Waals surface area contributed by atoms with Crippen LogP contribution in [0, 0.1) is 6.92 Å². The lowest BCUT2D eigenvalue weighted by molar-refractivity contribution is 0.0937. The zero-order valence-electron chi connectivity index (χ0n) is 10.5. The fourth-order valence-corrected chi connectivity index (χ4v) is 2.71. The third-order valence-electron chi connectivity index (χ3n) is 2.80. The summed E-state index contributed by atoms with van der Waals surface area (Å²) in [5.41, 5.74) is 0. The molecule has 1 N–H and O–H groups in total. The molecular weight excluding hydrogens is 236 g/mol. The van der Waals surface area contributed by atoms with Gasteiger partial charge in [-0.1, -0.05) is 18.3 Å². The van der Waals surface area contributed by atoms with Gasteiger partial charge in [0, 0.05) is 13.1 Å². The van der Waals surface area contributed by atoms with Crippen molar-refractivity contribution in [1.82, 2.24) is 15.5 Å². The topological polar surface area (TPSA) is 50.3 Å². The molecule has 0 radical (unpaired) electrons. The number of aryl methyl sites for hydroxylation is 1. The van der Waals surface area contributed by atoms with Crippen LogP contribution < -0.4 is 10.2 Å². The van der Waals surface area contributed by atoms with Crippen LogP contribution in [0.3, 0.4) is 0 Å². The van der Waals surface area contributed by atoms with Gasteiger partial charge in [0.25, 0.3) is 0 Å². The Morgan fingerprint density at radius 1 is 1.53 bits per heavy atom. The molecule has 1 aromatic rings. The zero-order chi connectivity index (χ0) is 12.1. The van der Waals surface area contributed by atoms with Gasteiger partial charge in [0.15, 0.2) is 0 Å². The molecule has 1 unspecified atom stereocenters. The van der Waals surface area contributed by atoms with E-state index in [0.29, 0.717) is 6.04 Å². The van der Waals surface area contributed by atoms with E-state index in [2.05, 4.69) is 27.3 Å². The lowest BCUT2D eigenvalue weighted by atomic mass is 10.2. The summed E-state index contributed by atoms with van der Waals surface area (Å²) in [6.07, 6.45) is 1.16. The van der Waals surface area contributed by atoms with Crippen LogP contribution in [0.15, 0.2) is 0 Å². The monoisotopic (exact) mass is 256 g/mol. The molecule has 0 aromatic carbocycles. The van der Waals surface area contributed by atoms with E-state index in [1.54, 1.807) is 11.3 Å². The molecule has 96 valence electrons. The number of hydrogen-bond donors (Lipinski definition) is 1. The van der Waals surface area contributed by atoms with Gasteiger partial charge in [-0.15, -0.1) is 10.2 Å². The second-order valence-electron chi connectivity index (χ2n) is 4.23. The predicted octanol–water partition coefficient (Wildman–Crippen LogP) is 1.05. The maximum absolute atomic E-state index is 5.55. The fraction of sp³-hybridized carbons (Fsp3) is 0.818. The summed E-state index contributed by atoms with van der Waals surface area (Å²) in [4.78, 5) is 2.32. The number of nitrogens with one attached hydrogen (secondary N) is 1. The number of anilines is 1. The first-order chi connectivity index (χ1) is 8.31. The third-order valence-corrected chi connectivity index (χ3v) is 3.67. The Kier molecular flexibility index (Phi) is 4.70. The summed E-state index contributed by atoms with van der Waals surface area (Å²) >= 11 is 1.66. The molecule has 1 aliphatic rings. The van der Waals surface area contributed by atoms with Gasteiger partial charge in [0.1, 0.15) is 5.01 Å². The quantitative estimate of drug-likeness (QED) is 0.798. The highest BCUT2D eigenvalue weighted by Gasteiger charge is 2.25. The standard InChI is InChI=1S/C11H20N4OS/c1-3-4-12-7-10-8-16-6-5-15(10)11-14-13-9(2)17-11/h10,12H,3-8H2,1-2H3. The summed E-state index contributed by atoms with van der Waals surface area (Å²) in [6.45, 7) is 8.64. The van der Waals surface area contributed by atoms with E-state index in [1.807, 2.05) is 6.92 Å². The smallest absolute Gasteiger partial charge is 0.208 e. The highest BCUT2D eigenvalue weighted by Crippen LogP contribution is 2.23. The molecule has 1 aromatic heterocycles. The molecule has 1 atom stereocenters. The van der Waals surface area contributed by atoms with Crippen LogP contribution >= 0.6 is 11.3 Å². The van der Waals surface area contributed by atoms with Crippen LogP contribution in [0.4, 0.5) is 5.13 Å². The van der Waals surface area contributed by atoms with Crippen molar-refractivity contribution >= 4 is 16.5 Å². The molecule has 0 bridgehead atoms. The van der Waals surface area contributed by atoms with E-state index in [9.17, 15) is 0 Å². The average molecular weight is 256 g/mol. The molecule has 2 rings (SSSR count). The van der Waals surface area contributed by atoms with E-state index in [-0.39, 0.29) is 0 Å². The highest BCUT2D eigenvalue weighted by molar-refractivity contribution is 7.15. The van der Waals surface area contributed by atoms with Gasteiger partial charge in [-0.05, 0) is 19.9 Å². The van der Waals surface area contributed by atoms with Gasteiger partial charge in [-0.3, -0.25) is 0 Å². The molecule has 0 aliphatic carbocycles. The SMILES string of the molecule is CCCNCC1COCCN1c1nnc(C)s1. The van der Waals surface area contributed by atoms with Crippen LogP contribution in [-0.2, 0) is 4.74 Å². The number of rotatable bonds is 5. The second kappa shape index (κ2) is 6.28. The molecule has 0 saturated carbocycles. The predicted molar refractivity (Wildman–Crippen MR) is 69.8 cm³/mol. The van der Waals surface area contributed by atoms with Gasteiger partial charge in [-0.2, -0.15) is 0 Å². The van der Waals surface area contributed by atoms with E-state index < -0.39 is 0 Å². The molecule has 2 heterocycles. The molecule has 17 heavy (non-hydrogen) atoms. The van der Waals surface area contributed by atoms with E-state index in [4.69, 9.17) is 4.74 Å². The van der Waals surface area contributed by atoms with Crippen molar-refractivity contribution in [3.8, 4) is 0 Å². The van der Waals surface area contributed by atoms with E-state index in [0.717, 1.165) is 49.4 Å². The van der Waals surface area contributed by atoms with Gasteiger partial charge >= 0.3 is 0 Å². The van der Waals surface area contributed by atoms with Crippen molar-refractivity contribution in [2.45, 2.75) is 26.3 Å². The van der Waals surface area contributed by atoms with Crippen LogP contribution in [0.5, 0.6) is 0 Å². The van der Waals surface area contributed by atoms with Crippen molar-refractivity contribution in [3.05, 3.63) is 5.01 Å². The van der Waals surface area contributed by atoms with E-state index >= 15 is 0 Å². The number of morpholine rings is 1. The minimum Gasteiger partial charge on any atom is -0.377 e. The molecule has 6 heteroatoms. The second-order valence-corrected chi connectivity index (χ2v) is 5.39. The molecule has 1 aliphatic heterocycles. The minimum atomic E-state index is 0.377. The third kappa shape index (κ3) is 3.37. The minimum absolute atomic E-state index is 0.377. The Hall–Kier alpha value is -0.720. The van der Waals surface area contributed by atoms with Gasteiger partial charge in [0.2, 0.25) is 5.13 Å². The van der Waals surface area contributed by atoms with Crippen molar-refractivity contribution in [1.29, 1.82) is 0 Å². The Balaban J connectivity index is 1.96. The van der Waals surface area contributed by atoms with Crippen molar-refractivity contribution in [3.63, 3.8) is 0 Å². The van der Waals surface area contributed by atoms with Gasteiger partial charge in [0.05, 0.1) is 19.3 Å². The Morgan fingerprint density at radius 2 is 2.41 bits per heavy atom. The first-order valence-corrected chi connectivity index (χ1v) is 6.98. The zero-order valence-corrected chi connectivity index (χ0v) is 11.3. The maximum atomic E-state index is 5.55. The summed E-state index contributed by atoms with van der Waals surface area (Å²) < 4.78 is 5.55. The summed E-state index contributed by atoms with van der Waals surface area (Å²) in [5.74, 6) is 0. The molecule has 1 fully saturated rings. The van der Waals surface area contributed by atoms with Crippen LogP contribution in [-0.4, -0.2) is 49.1 Å². The van der Waals surface area contributed by atoms with Crippen molar-refractivity contribution < 1.29 is 4.74 Å². The first kappa shape index (κ1) is 12.7. The average Bonchev–Trinajstić information content (AvgIpc) is 2.77. The largest absolute Gasteiger partial charge is 0.377 e. The maximum Gasteiger partial charge on any atom is 0.208 e. The van der Waals surface area contributed by atoms with Crippen LogP contribution in [0.1, 0.15) is 18.4 Å². The molecule has 0 spiro atoms. The number of aromatic nitrogens is 2. The van der Waals surface area contributed by atoms with Crippen molar-refractivity contribution in [2.75, 3.05) is 37.7 Å². The highest BCUT2D eigenvalue weighted by atomic mass is 32.1. The Labute approximate surface area is 106 Å². The lowest BCUT2D eigenvalue weighted by Crippen LogP contribution is -2.50. The number of ether oxygens (including phenoxy) is 1. The molecule has 1 saturated heterocycles. The van der Waals surface area contributed by atoms with Gasteiger partial charge in [-0.25, -0.2) is 0 Å². The van der Waals surface area contributed by atoms with Gasteiger partial charge < -0.3 is 15.0 Å². The molecule has 0 amide bonds. The normalized spacial score (nSPS) is 20.8. The van der Waals surface area contributed by atoms with Crippen molar-refractivity contribution in [2.24, 2.45) is 0 Å². The molecule has 5 nitrogen and oxygen atoms in total. The first-order valence-electron chi connectivity index (χ1n) is 6.16.